The average molecular weight is 320 g/mol. The Morgan fingerprint density at radius 3 is 2.78 bits per heavy atom. The van der Waals surface area contributed by atoms with Crippen LogP contribution in [-0.2, 0) is 9.59 Å². The van der Waals surface area contributed by atoms with Gasteiger partial charge in [0.2, 0.25) is 6.79 Å². The second-order valence-electron chi connectivity index (χ2n) is 6.14. The van der Waals surface area contributed by atoms with E-state index in [1.807, 2.05) is 14.0 Å². The first-order chi connectivity index (χ1) is 11.0. The highest BCUT2D eigenvalue weighted by Crippen LogP contribution is 2.34. The van der Waals surface area contributed by atoms with Gasteiger partial charge in [0.15, 0.2) is 24.1 Å². The number of benzene rings is 1. The van der Waals surface area contributed by atoms with E-state index >= 15 is 0 Å². The van der Waals surface area contributed by atoms with Crippen LogP contribution in [0.25, 0.3) is 0 Å². The minimum absolute atomic E-state index is 0.00673. The predicted molar refractivity (Wildman–Crippen MR) is 83.6 cm³/mol. The summed E-state index contributed by atoms with van der Waals surface area (Å²) in [6.45, 7) is 2.29. The Bertz CT molecular complexity index is 615. The molecule has 1 unspecified atom stereocenters. The van der Waals surface area contributed by atoms with Crippen LogP contribution in [0.1, 0.15) is 19.8 Å². The second kappa shape index (κ2) is 6.45. The molecule has 7 heteroatoms. The molecule has 2 atom stereocenters. The summed E-state index contributed by atoms with van der Waals surface area (Å²) in [5.41, 5.74) is 0.654. The van der Waals surface area contributed by atoms with E-state index < -0.39 is 0 Å². The fourth-order valence-corrected chi connectivity index (χ4v) is 2.36. The highest BCUT2D eigenvalue weighted by molar-refractivity contribution is 5.94. The number of fused-ring (bicyclic) bond motifs is 1. The number of likely N-dealkylation sites (N-methyl/N-ethyl adjacent to an activating group) is 1. The van der Waals surface area contributed by atoms with E-state index in [2.05, 4.69) is 10.6 Å². The van der Waals surface area contributed by atoms with Crippen LogP contribution < -0.4 is 25.0 Å². The Kier molecular flexibility index (Phi) is 4.38. The van der Waals surface area contributed by atoms with Crippen molar-refractivity contribution in [1.82, 2.24) is 5.32 Å². The Hall–Kier alpha value is -2.28. The van der Waals surface area contributed by atoms with Crippen molar-refractivity contribution in [2.24, 2.45) is 0 Å². The van der Waals surface area contributed by atoms with Crippen LogP contribution in [0, 0.1) is 0 Å². The lowest BCUT2D eigenvalue weighted by Gasteiger charge is -2.20. The van der Waals surface area contributed by atoms with Gasteiger partial charge in [-0.3, -0.25) is 9.59 Å². The number of quaternary nitrogens is 1. The Morgan fingerprint density at radius 1 is 1.30 bits per heavy atom. The van der Waals surface area contributed by atoms with Crippen LogP contribution in [0.4, 0.5) is 5.69 Å². The lowest BCUT2D eigenvalue weighted by molar-refractivity contribution is -0.885. The van der Waals surface area contributed by atoms with Crippen molar-refractivity contribution in [2.75, 3.05) is 25.7 Å². The molecule has 0 saturated heterocycles. The highest BCUT2D eigenvalue weighted by atomic mass is 16.7. The number of carbonyl (C=O) groups is 2. The molecule has 0 spiro atoms. The molecule has 1 aliphatic carbocycles. The Balaban J connectivity index is 1.53. The third kappa shape index (κ3) is 3.92. The fraction of sp³-hybridized carbons (Fsp3) is 0.500. The van der Waals surface area contributed by atoms with Crippen LogP contribution in [0.15, 0.2) is 18.2 Å². The summed E-state index contributed by atoms with van der Waals surface area (Å²) in [7, 11) is 1.84. The zero-order chi connectivity index (χ0) is 16.4. The van der Waals surface area contributed by atoms with Gasteiger partial charge in [-0.15, -0.1) is 0 Å². The predicted octanol–water partition coefficient (Wildman–Crippen LogP) is -0.464. The van der Waals surface area contributed by atoms with Crippen molar-refractivity contribution in [3.05, 3.63) is 18.2 Å². The van der Waals surface area contributed by atoms with Gasteiger partial charge < -0.3 is 25.0 Å². The van der Waals surface area contributed by atoms with E-state index in [0.717, 1.165) is 17.7 Å². The summed E-state index contributed by atoms with van der Waals surface area (Å²) >= 11 is 0. The second-order valence-corrected chi connectivity index (χ2v) is 6.14. The number of hydrogen-bond acceptors (Lipinski definition) is 4. The summed E-state index contributed by atoms with van der Waals surface area (Å²) in [6, 6.07) is 5.27. The van der Waals surface area contributed by atoms with Crippen LogP contribution in [0.2, 0.25) is 0 Å². The van der Waals surface area contributed by atoms with Crippen molar-refractivity contribution in [1.29, 1.82) is 0 Å². The average Bonchev–Trinajstić information content (AvgIpc) is 3.20. The summed E-state index contributed by atoms with van der Waals surface area (Å²) in [6.07, 6.45) is 2.12. The van der Waals surface area contributed by atoms with Gasteiger partial charge in [-0.1, -0.05) is 0 Å². The SMILES string of the molecule is C[C@@H](C(=O)Nc1ccc2c(c1)OCO2)[NH+](C)CC(=O)NC1CC1. The smallest absolute Gasteiger partial charge is 0.282 e. The lowest BCUT2D eigenvalue weighted by atomic mass is 10.2. The van der Waals surface area contributed by atoms with E-state index in [1.54, 1.807) is 18.2 Å². The van der Waals surface area contributed by atoms with Crippen LogP contribution >= 0.6 is 0 Å². The molecule has 3 N–H and O–H groups in total. The molecule has 1 aliphatic heterocycles. The summed E-state index contributed by atoms with van der Waals surface area (Å²) in [5.74, 6) is 1.16. The van der Waals surface area contributed by atoms with Gasteiger partial charge in [-0.2, -0.15) is 0 Å². The van der Waals surface area contributed by atoms with Gasteiger partial charge in [0.1, 0.15) is 0 Å². The zero-order valence-corrected chi connectivity index (χ0v) is 13.3. The molecule has 23 heavy (non-hydrogen) atoms. The van der Waals surface area contributed by atoms with Crippen molar-refractivity contribution < 1.29 is 24.0 Å². The number of anilines is 1. The standard InChI is InChI=1S/C16H21N3O4/c1-10(19(2)8-15(20)17-11-3-4-11)16(21)18-12-5-6-13-14(7-12)23-9-22-13/h5-7,10-11H,3-4,8-9H2,1-2H3,(H,17,20)(H,18,21)/p+1/t10-/m0/s1. The maximum Gasteiger partial charge on any atom is 0.282 e. The van der Waals surface area contributed by atoms with Gasteiger partial charge in [0.05, 0.1) is 7.05 Å². The maximum absolute atomic E-state index is 12.3. The zero-order valence-electron chi connectivity index (χ0n) is 13.3. The molecule has 0 aromatic heterocycles. The minimum Gasteiger partial charge on any atom is -0.454 e. The van der Waals surface area contributed by atoms with Gasteiger partial charge >= 0.3 is 0 Å². The molecule has 0 radical (unpaired) electrons. The molecule has 1 fully saturated rings. The molecule has 1 aromatic carbocycles. The number of carbonyl (C=O) groups excluding carboxylic acids is 2. The fourth-order valence-electron chi connectivity index (χ4n) is 2.36. The summed E-state index contributed by atoms with van der Waals surface area (Å²) < 4.78 is 10.5. The molecule has 3 rings (SSSR count). The molecule has 0 bridgehead atoms. The monoisotopic (exact) mass is 320 g/mol. The van der Waals surface area contributed by atoms with Crippen LogP contribution in [0.3, 0.4) is 0 Å². The van der Waals surface area contributed by atoms with E-state index in [1.165, 1.54) is 0 Å². The Labute approximate surface area is 134 Å². The minimum atomic E-state index is -0.342. The number of ether oxygens (including phenoxy) is 2. The number of hydrogen-bond donors (Lipinski definition) is 3. The molecule has 124 valence electrons. The van der Waals surface area contributed by atoms with Gasteiger partial charge in [-0.25, -0.2) is 0 Å². The number of nitrogens with one attached hydrogen (secondary N) is 3. The third-order valence-corrected chi connectivity index (χ3v) is 4.15. The highest BCUT2D eigenvalue weighted by Gasteiger charge is 2.28. The Morgan fingerprint density at radius 2 is 2.04 bits per heavy atom. The molecule has 1 aromatic rings. The first-order valence-electron chi connectivity index (χ1n) is 7.85. The topological polar surface area (TPSA) is 81.1 Å². The van der Waals surface area contributed by atoms with Crippen molar-refractivity contribution in [2.45, 2.75) is 31.8 Å². The lowest BCUT2D eigenvalue weighted by Crippen LogP contribution is -3.15. The van der Waals surface area contributed by atoms with Crippen LogP contribution in [-0.4, -0.2) is 44.3 Å². The largest absolute Gasteiger partial charge is 0.454 e. The molecular formula is C16H22N3O4+. The van der Waals surface area contributed by atoms with Crippen molar-refractivity contribution >= 4 is 17.5 Å². The number of amides is 2. The van der Waals surface area contributed by atoms with E-state index in [9.17, 15) is 9.59 Å². The summed E-state index contributed by atoms with van der Waals surface area (Å²) in [4.78, 5) is 25.0. The van der Waals surface area contributed by atoms with Crippen LogP contribution in [0.5, 0.6) is 11.5 Å². The molecule has 7 nitrogen and oxygen atoms in total. The first-order valence-corrected chi connectivity index (χ1v) is 7.85. The van der Waals surface area contributed by atoms with E-state index in [0.29, 0.717) is 23.2 Å². The van der Waals surface area contributed by atoms with E-state index in [-0.39, 0.29) is 31.2 Å². The molecule has 1 heterocycles. The molecule has 1 saturated carbocycles. The molecular weight excluding hydrogens is 298 g/mol. The normalized spacial score (nSPS) is 18.2. The molecule has 2 aliphatic rings. The first kappa shape index (κ1) is 15.6. The quantitative estimate of drug-likeness (QED) is 0.662. The van der Waals surface area contributed by atoms with E-state index in [4.69, 9.17) is 9.47 Å². The van der Waals surface area contributed by atoms with Gasteiger partial charge in [0.25, 0.3) is 11.8 Å². The third-order valence-electron chi connectivity index (χ3n) is 4.15. The maximum atomic E-state index is 12.3. The number of rotatable bonds is 6. The van der Waals surface area contributed by atoms with Gasteiger partial charge in [0, 0.05) is 17.8 Å². The van der Waals surface area contributed by atoms with Crippen molar-refractivity contribution in [3.8, 4) is 11.5 Å². The summed E-state index contributed by atoms with van der Waals surface area (Å²) in [5, 5.41) is 5.79. The van der Waals surface area contributed by atoms with Crippen molar-refractivity contribution in [3.63, 3.8) is 0 Å². The molecule has 2 amide bonds. The van der Waals surface area contributed by atoms with Gasteiger partial charge in [-0.05, 0) is 31.9 Å².